The lowest BCUT2D eigenvalue weighted by Crippen LogP contribution is -2.19. The Morgan fingerprint density at radius 2 is 1.50 bits per heavy atom. The first kappa shape index (κ1) is 26.6. The molecule has 2 aromatic carbocycles. The number of amides is 1. The maximum Gasteiger partial charge on any atom is 0.573 e. The lowest BCUT2D eigenvalue weighted by molar-refractivity contribution is -0.275. The molecule has 0 radical (unpaired) electrons. The minimum Gasteiger partial charge on any atom is -0.438 e. The summed E-state index contributed by atoms with van der Waals surface area (Å²) in [5.41, 5.74) is -0.457. The first-order valence-corrected chi connectivity index (χ1v) is 11.5. The Kier molecular flexibility index (Phi) is 7.33. The molecule has 0 bridgehead atoms. The van der Waals surface area contributed by atoms with E-state index in [1.54, 1.807) is 0 Å². The molecule has 0 saturated carbocycles. The normalized spacial score (nSPS) is 13.4. The number of carbonyl (C=O) groups is 1. The number of halogens is 6. The molecule has 1 amide bonds. The van der Waals surface area contributed by atoms with Gasteiger partial charge in [-0.3, -0.25) is 4.79 Å². The van der Waals surface area contributed by atoms with Crippen molar-refractivity contribution >= 4 is 21.3 Å². The zero-order valence-corrected chi connectivity index (χ0v) is 18.8. The average molecular weight is 535 g/mol. The Labute approximate surface area is 199 Å². The van der Waals surface area contributed by atoms with E-state index in [9.17, 15) is 35.3 Å². The van der Waals surface area contributed by atoms with Gasteiger partial charge in [-0.05, 0) is 42.5 Å². The minimum atomic E-state index is -5.09. The van der Waals surface area contributed by atoms with Crippen molar-refractivity contribution in [1.29, 1.82) is 4.78 Å². The Balaban J connectivity index is 1.92. The van der Waals surface area contributed by atoms with E-state index in [4.69, 9.17) is 9.52 Å². The highest BCUT2D eigenvalue weighted by Crippen LogP contribution is 2.31. The summed E-state index contributed by atoms with van der Waals surface area (Å²) < 4.78 is 107. The van der Waals surface area contributed by atoms with Gasteiger partial charge in [0.25, 0.3) is 5.91 Å². The van der Waals surface area contributed by atoms with Crippen molar-refractivity contribution < 1.29 is 49.6 Å². The van der Waals surface area contributed by atoms with Crippen LogP contribution in [0.3, 0.4) is 0 Å². The van der Waals surface area contributed by atoms with Crippen LogP contribution in [0.5, 0.6) is 23.1 Å². The predicted octanol–water partition coefficient (Wildman–Crippen LogP) is 5.96. The second kappa shape index (κ2) is 9.93. The molecule has 1 heterocycles. The van der Waals surface area contributed by atoms with Crippen molar-refractivity contribution in [3.8, 4) is 23.1 Å². The van der Waals surface area contributed by atoms with Gasteiger partial charge >= 0.3 is 12.7 Å². The first-order chi connectivity index (χ1) is 16.6. The molecule has 3 rings (SSSR count). The number of nitrogens with one attached hydrogen (secondary N) is 2. The van der Waals surface area contributed by atoms with Gasteiger partial charge in [-0.15, -0.1) is 26.3 Å². The molecule has 8 nitrogen and oxygen atoms in total. The number of alkyl halides is 6. The number of rotatable bonds is 7. The topological polar surface area (TPSA) is 111 Å². The van der Waals surface area contributed by atoms with Crippen molar-refractivity contribution in [2.45, 2.75) is 17.6 Å². The third kappa shape index (κ3) is 7.76. The highest BCUT2D eigenvalue weighted by Gasteiger charge is 2.32. The largest absolute Gasteiger partial charge is 0.573 e. The number of ether oxygens (including phenoxy) is 3. The molecule has 1 aromatic heterocycles. The summed E-state index contributed by atoms with van der Waals surface area (Å²) in [5.74, 6) is -3.02. The minimum absolute atomic E-state index is 0.0704. The van der Waals surface area contributed by atoms with Gasteiger partial charge in [0.1, 0.15) is 22.8 Å². The molecule has 36 heavy (non-hydrogen) atoms. The Hall–Kier alpha value is -4.01. The zero-order valence-electron chi connectivity index (χ0n) is 17.9. The molecular formula is C21H15F6N3O5S. The number of anilines is 1. The summed E-state index contributed by atoms with van der Waals surface area (Å²) in [7, 11) is -3.13. The second-order valence-corrected chi connectivity index (χ2v) is 9.18. The van der Waals surface area contributed by atoms with Crippen LogP contribution in [0.25, 0.3) is 0 Å². The molecule has 0 spiro atoms. The van der Waals surface area contributed by atoms with Crippen LogP contribution in [-0.2, 0) is 9.73 Å². The summed E-state index contributed by atoms with van der Waals surface area (Å²) in [5, 5.41) is 2.37. The number of nitrogens with zero attached hydrogens (tertiary/aromatic N) is 1. The lowest BCUT2D eigenvalue weighted by Gasteiger charge is -2.14. The van der Waals surface area contributed by atoms with Crippen LogP contribution < -0.4 is 19.5 Å². The lowest BCUT2D eigenvalue weighted by atomic mass is 10.2. The Morgan fingerprint density at radius 3 is 2.08 bits per heavy atom. The second-order valence-electron chi connectivity index (χ2n) is 7.02. The Morgan fingerprint density at radius 1 is 0.917 bits per heavy atom. The van der Waals surface area contributed by atoms with E-state index in [2.05, 4.69) is 19.8 Å². The van der Waals surface area contributed by atoms with E-state index in [1.165, 1.54) is 24.3 Å². The number of pyridine rings is 1. The van der Waals surface area contributed by atoms with Crippen LogP contribution >= 0.6 is 0 Å². The van der Waals surface area contributed by atoms with Crippen molar-refractivity contribution in [3.05, 3.63) is 66.4 Å². The highest BCUT2D eigenvalue weighted by atomic mass is 32.2. The van der Waals surface area contributed by atoms with Crippen LogP contribution in [0.15, 0.2) is 65.7 Å². The van der Waals surface area contributed by atoms with Crippen LogP contribution in [0, 0.1) is 4.78 Å². The maximum atomic E-state index is 12.9. The maximum absolute atomic E-state index is 12.9. The van der Waals surface area contributed by atoms with Crippen molar-refractivity contribution in [3.63, 3.8) is 0 Å². The smallest absolute Gasteiger partial charge is 0.438 e. The fourth-order valence-electron chi connectivity index (χ4n) is 2.70. The standard InChI is InChI=1S/C21H15F6N3O5S/c1-36(28,32)16-4-2-3-12(9-16)30-18(31)17-10-15(35-21(25,26)27)11-29-19(17)33-13-5-7-14(8-6-13)34-20(22,23)24/h2-11,28H,1H3,(H,30,31). The van der Waals surface area contributed by atoms with Crippen molar-refractivity contribution in [2.24, 2.45) is 0 Å². The van der Waals surface area contributed by atoms with Crippen LogP contribution in [0.4, 0.5) is 32.0 Å². The van der Waals surface area contributed by atoms with Gasteiger partial charge in [0.15, 0.2) is 0 Å². The van der Waals surface area contributed by atoms with Gasteiger partial charge in [0.2, 0.25) is 5.88 Å². The first-order valence-electron chi connectivity index (χ1n) is 9.54. The van der Waals surface area contributed by atoms with Gasteiger partial charge in [-0.2, -0.15) is 0 Å². The van der Waals surface area contributed by atoms with E-state index >= 15 is 0 Å². The molecule has 192 valence electrons. The summed E-state index contributed by atoms with van der Waals surface area (Å²) >= 11 is 0. The van der Waals surface area contributed by atoms with E-state index in [-0.39, 0.29) is 16.3 Å². The number of benzene rings is 2. The molecule has 0 saturated heterocycles. The summed E-state index contributed by atoms with van der Waals surface area (Å²) in [6.45, 7) is 0. The molecule has 1 atom stereocenters. The van der Waals surface area contributed by atoms with Crippen molar-refractivity contribution in [1.82, 2.24) is 4.98 Å². The van der Waals surface area contributed by atoms with Gasteiger partial charge in [0, 0.05) is 22.9 Å². The number of aromatic nitrogens is 1. The molecule has 1 unspecified atom stereocenters. The highest BCUT2D eigenvalue weighted by molar-refractivity contribution is 7.91. The molecular weight excluding hydrogens is 520 g/mol. The monoisotopic (exact) mass is 535 g/mol. The molecule has 0 fully saturated rings. The molecule has 15 heteroatoms. The third-order valence-electron chi connectivity index (χ3n) is 4.12. The van der Waals surface area contributed by atoms with Crippen LogP contribution in [0.2, 0.25) is 0 Å². The van der Waals surface area contributed by atoms with Gasteiger partial charge in [0.05, 0.1) is 15.9 Å². The molecule has 0 aliphatic rings. The molecule has 2 N–H and O–H groups in total. The molecule has 3 aromatic rings. The quantitative estimate of drug-likeness (QED) is 0.362. The van der Waals surface area contributed by atoms with Crippen LogP contribution in [0.1, 0.15) is 10.4 Å². The molecule has 0 aliphatic carbocycles. The molecule has 0 aliphatic heterocycles. The van der Waals surface area contributed by atoms with E-state index in [0.717, 1.165) is 30.5 Å². The fourth-order valence-corrected chi connectivity index (χ4v) is 3.39. The summed E-state index contributed by atoms with van der Waals surface area (Å²) in [4.78, 5) is 16.6. The zero-order chi connectivity index (χ0) is 26.7. The van der Waals surface area contributed by atoms with Gasteiger partial charge < -0.3 is 19.5 Å². The third-order valence-corrected chi connectivity index (χ3v) is 5.27. The van der Waals surface area contributed by atoms with Crippen molar-refractivity contribution in [2.75, 3.05) is 11.6 Å². The van der Waals surface area contributed by atoms with E-state index in [1.807, 2.05) is 0 Å². The van der Waals surface area contributed by atoms with Crippen LogP contribution in [-0.4, -0.2) is 34.1 Å². The Bertz CT molecular complexity index is 1360. The van der Waals surface area contributed by atoms with E-state index < -0.39 is 51.3 Å². The number of carbonyl (C=O) groups excluding carboxylic acids is 1. The average Bonchev–Trinajstić information content (AvgIpc) is 2.73. The number of hydrogen-bond donors (Lipinski definition) is 2. The van der Waals surface area contributed by atoms with Gasteiger partial charge in [-0.25, -0.2) is 14.0 Å². The van der Waals surface area contributed by atoms with Gasteiger partial charge in [-0.1, -0.05) is 6.07 Å². The number of hydrogen-bond acceptors (Lipinski definition) is 7. The van der Waals surface area contributed by atoms with E-state index in [0.29, 0.717) is 12.3 Å². The fraction of sp³-hybridized carbons (Fsp3) is 0.143. The summed E-state index contributed by atoms with van der Waals surface area (Å²) in [6.07, 6.45) is -8.22. The summed E-state index contributed by atoms with van der Waals surface area (Å²) in [6, 6.07) is 10.1. The SMILES string of the molecule is CS(=N)(=O)c1cccc(NC(=O)c2cc(OC(F)(F)F)cnc2Oc2ccc(OC(F)(F)F)cc2)c1. The predicted molar refractivity (Wildman–Crippen MR) is 114 cm³/mol.